The number of hydrogen-bond acceptors (Lipinski definition) is 5. The van der Waals surface area contributed by atoms with Crippen molar-refractivity contribution in [1.82, 2.24) is 4.98 Å². The maximum Gasteiger partial charge on any atom is 0.143 e. The smallest absolute Gasteiger partial charge is 0.143 e. The molecule has 11 aromatic rings. The Morgan fingerprint density at radius 1 is 0.444 bits per heavy atom. The van der Waals surface area contributed by atoms with Crippen LogP contribution in [0.4, 0.5) is 17.1 Å². The Morgan fingerprint density at radius 3 is 1.94 bits per heavy atom. The van der Waals surface area contributed by atoms with Gasteiger partial charge in [0.25, 0.3) is 0 Å². The van der Waals surface area contributed by atoms with Gasteiger partial charge in [-0.1, -0.05) is 127 Å². The molecule has 0 amide bonds. The largest absolute Gasteiger partial charge is 0.456 e. The van der Waals surface area contributed by atoms with Crippen LogP contribution < -0.4 is 4.90 Å². The molecular weight excluding hydrogens is 681 g/mol. The lowest BCUT2D eigenvalue weighted by atomic mass is 10.00. The number of hydrogen-bond donors (Lipinski definition) is 0. The summed E-state index contributed by atoms with van der Waals surface area (Å²) in [6, 6.07) is 63.8. The van der Waals surface area contributed by atoms with Crippen molar-refractivity contribution >= 4 is 82.5 Å². The summed E-state index contributed by atoms with van der Waals surface area (Å²) in [5.74, 6) is 0. The Morgan fingerprint density at radius 2 is 1.09 bits per heavy atom. The van der Waals surface area contributed by atoms with Crippen molar-refractivity contribution < 1.29 is 8.83 Å². The Hall–Kier alpha value is -6.95. The van der Waals surface area contributed by atoms with E-state index in [2.05, 4.69) is 169 Å². The van der Waals surface area contributed by atoms with Gasteiger partial charge in [-0.05, 0) is 65.7 Å². The summed E-state index contributed by atoms with van der Waals surface area (Å²) >= 11 is 1.71. The molecule has 0 aliphatic rings. The van der Waals surface area contributed by atoms with E-state index in [1.54, 1.807) is 11.3 Å². The highest BCUT2D eigenvalue weighted by Gasteiger charge is 2.21. The third-order valence-electron chi connectivity index (χ3n) is 10.3. The number of fused-ring (bicyclic) bond motifs is 8. The van der Waals surface area contributed by atoms with Crippen LogP contribution in [0.15, 0.2) is 191 Å². The summed E-state index contributed by atoms with van der Waals surface area (Å²) in [5.41, 5.74) is 13.1. The van der Waals surface area contributed by atoms with Crippen LogP contribution in [0.1, 0.15) is 0 Å². The van der Waals surface area contributed by atoms with Gasteiger partial charge in [-0.15, -0.1) is 11.3 Å². The molecule has 0 unspecified atom stereocenters. The molecule has 0 atom stereocenters. The van der Waals surface area contributed by atoms with Gasteiger partial charge < -0.3 is 13.7 Å². The van der Waals surface area contributed by atoms with Crippen molar-refractivity contribution in [2.24, 2.45) is 0 Å². The number of aromatic nitrogens is 1. The summed E-state index contributed by atoms with van der Waals surface area (Å²) in [7, 11) is 0. The topological polar surface area (TPSA) is 42.4 Å². The van der Waals surface area contributed by atoms with Crippen LogP contribution in [0.2, 0.25) is 0 Å². The first-order valence-electron chi connectivity index (χ1n) is 18.0. The van der Waals surface area contributed by atoms with E-state index in [9.17, 15) is 0 Å². The van der Waals surface area contributed by atoms with Crippen LogP contribution in [-0.2, 0) is 0 Å². The van der Waals surface area contributed by atoms with Crippen molar-refractivity contribution in [3.05, 3.63) is 182 Å². The molecule has 3 heterocycles. The second-order valence-corrected chi connectivity index (χ2v) is 14.5. The predicted molar refractivity (Wildman–Crippen MR) is 225 cm³/mol. The number of rotatable bonds is 6. The predicted octanol–water partition coefficient (Wildman–Crippen LogP) is 14.6. The van der Waals surface area contributed by atoms with Crippen molar-refractivity contribution in [2.75, 3.05) is 4.90 Å². The van der Waals surface area contributed by atoms with Gasteiger partial charge in [0, 0.05) is 44.2 Å². The van der Waals surface area contributed by atoms with Gasteiger partial charge in [0.1, 0.15) is 27.3 Å². The Kier molecular flexibility index (Phi) is 7.00. The lowest BCUT2D eigenvalue weighted by molar-refractivity contribution is 0.669. The highest BCUT2D eigenvalue weighted by atomic mass is 32.1. The zero-order valence-corrected chi connectivity index (χ0v) is 29.8. The van der Waals surface area contributed by atoms with E-state index >= 15 is 0 Å². The molecule has 54 heavy (non-hydrogen) atoms. The molecule has 0 N–H and O–H groups in total. The minimum Gasteiger partial charge on any atom is -0.456 e. The molecule has 0 bridgehead atoms. The average molecular weight is 711 g/mol. The minimum atomic E-state index is 0.833. The lowest BCUT2D eigenvalue weighted by Crippen LogP contribution is -2.11. The standard InChI is InChI=1S/C49H30N2O2S/c1-3-12-31(13-4-1)36-16-7-9-20-41(36)51(34-24-22-32(23-25-34)37-18-11-19-39-38-17-8-10-21-42(38)53-48(37)39)35-26-27-43-40(30-35)46-44(52-43)28-29-45-47(46)50-49(54-45)33-14-5-2-6-15-33/h1-30H. The van der Waals surface area contributed by atoms with E-state index in [4.69, 9.17) is 13.8 Å². The molecule has 0 saturated heterocycles. The first-order valence-corrected chi connectivity index (χ1v) is 18.8. The number of thiazole rings is 1. The summed E-state index contributed by atoms with van der Waals surface area (Å²) in [5, 5.41) is 5.32. The van der Waals surface area contributed by atoms with Gasteiger partial charge in [-0.3, -0.25) is 0 Å². The molecule has 3 aromatic heterocycles. The highest BCUT2D eigenvalue weighted by molar-refractivity contribution is 7.21. The third-order valence-corrected chi connectivity index (χ3v) is 11.4. The van der Waals surface area contributed by atoms with Gasteiger partial charge in [0.2, 0.25) is 0 Å². The monoisotopic (exact) mass is 710 g/mol. The number of benzene rings is 8. The lowest BCUT2D eigenvalue weighted by Gasteiger charge is -2.28. The van der Waals surface area contributed by atoms with E-state index < -0.39 is 0 Å². The van der Waals surface area contributed by atoms with Crippen LogP contribution in [0, 0.1) is 0 Å². The van der Waals surface area contributed by atoms with Crippen LogP contribution >= 0.6 is 11.3 Å². The van der Waals surface area contributed by atoms with E-state index in [1.807, 2.05) is 18.2 Å². The first kappa shape index (κ1) is 30.7. The zero-order valence-electron chi connectivity index (χ0n) is 28.9. The summed E-state index contributed by atoms with van der Waals surface area (Å²) in [6.45, 7) is 0. The molecule has 0 aliphatic heterocycles. The number of furan rings is 2. The molecule has 0 saturated carbocycles. The van der Waals surface area contributed by atoms with Crippen molar-refractivity contribution in [1.29, 1.82) is 0 Å². The molecule has 0 fully saturated rings. The zero-order chi connectivity index (χ0) is 35.6. The van der Waals surface area contributed by atoms with E-state index in [0.717, 1.165) is 104 Å². The van der Waals surface area contributed by atoms with Gasteiger partial charge >= 0.3 is 0 Å². The fourth-order valence-corrected chi connectivity index (χ4v) is 8.79. The fraction of sp³-hybridized carbons (Fsp3) is 0. The van der Waals surface area contributed by atoms with Crippen LogP contribution in [0.25, 0.3) is 86.9 Å². The third kappa shape index (κ3) is 4.94. The second kappa shape index (κ2) is 12.3. The Balaban J connectivity index is 1.10. The number of anilines is 3. The highest BCUT2D eigenvalue weighted by Crippen LogP contribution is 2.45. The molecule has 11 rings (SSSR count). The molecule has 8 aromatic carbocycles. The summed E-state index contributed by atoms with van der Waals surface area (Å²) in [6.07, 6.45) is 0. The minimum absolute atomic E-state index is 0.833. The second-order valence-electron chi connectivity index (χ2n) is 13.5. The quantitative estimate of drug-likeness (QED) is 0.172. The van der Waals surface area contributed by atoms with E-state index in [1.165, 1.54) is 0 Å². The van der Waals surface area contributed by atoms with Crippen LogP contribution in [0.5, 0.6) is 0 Å². The SMILES string of the molecule is c1ccc(-c2nc3c(ccc4oc5ccc(N(c6ccc(-c7cccc8c7oc7ccccc78)cc6)c6ccccc6-c6ccccc6)cc5c43)s2)cc1. The molecule has 254 valence electrons. The Bertz CT molecular complexity index is 3160. The van der Waals surface area contributed by atoms with Gasteiger partial charge in [0.15, 0.2) is 0 Å². The molecule has 5 heteroatoms. The average Bonchev–Trinajstić information content (AvgIpc) is 3.95. The van der Waals surface area contributed by atoms with Crippen molar-refractivity contribution in [2.45, 2.75) is 0 Å². The van der Waals surface area contributed by atoms with E-state index in [-0.39, 0.29) is 0 Å². The maximum absolute atomic E-state index is 6.47. The maximum atomic E-state index is 6.47. The van der Waals surface area contributed by atoms with Crippen molar-refractivity contribution in [3.63, 3.8) is 0 Å². The molecule has 0 spiro atoms. The molecular formula is C49H30N2O2S. The number of para-hydroxylation sites is 3. The van der Waals surface area contributed by atoms with Crippen molar-refractivity contribution in [3.8, 4) is 32.8 Å². The Labute approximate surface area is 314 Å². The molecule has 4 nitrogen and oxygen atoms in total. The van der Waals surface area contributed by atoms with Crippen LogP contribution in [-0.4, -0.2) is 4.98 Å². The normalized spacial score (nSPS) is 11.7. The van der Waals surface area contributed by atoms with Crippen LogP contribution in [0.3, 0.4) is 0 Å². The molecule has 0 radical (unpaired) electrons. The van der Waals surface area contributed by atoms with Gasteiger partial charge in [0.05, 0.1) is 21.3 Å². The molecule has 0 aliphatic carbocycles. The van der Waals surface area contributed by atoms with Gasteiger partial charge in [-0.2, -0.15) is 0 Å². The van der Waals surface area contributed by atoms with E-state index in [0.29, 0.717) is 0 Å². The number of nitrogens with zero attached hydrogens (tertiary/aromatic N) is 2. The fourth-order valence-electron chi connectivity index (χ4n) is 7.81. The van der Waals surface area contributed by atoms with Gasteiger partial charge in [-0.25, -0.2) is 4.98 Å². The summed E-state index contributed by atoms with van der Waals surface area (Å²) < 4.78 is 14.0. The first-order chi connectivity index (χ1) is 26.8. The summed E-state index contributed by atoms with van der Waals surface area (Å²) in [4.78, 5) is 7.54.